The third kappa shape index (κ3) is 3.93. The molecular weight excluding hydrogens is 372 g/mol. The Morgan fingerprint density at radius 1 is 1.30 bits per heavy atom. The van der Waals surface area contributed by atoms with Crippen LogP contribution in [0.4, 0.5) is 0 Å². The van der Waals surface area contributed by atoms with Crippen LogP contribution in [0.1, 0.15) is 37.6 Å². The fraction of sp³-hybridized carbons (Fsp3) is 0.556. The van der Waals surface area contributed by atoms with Crippen LogP contribution in [0.3, 0.4) is 0 Å². The number of hydrogen-bond donors (Lipinski definition) is 1. The molecule has 1 fully saturated rings. The van der Waals surface area contributed by atoms with Crippen molar-refractivity contribution in [1.29, 1.82) is 0 Å². The van der Waals surface area contributed by atoms with Gasteiger partial charge in [-0.15, -0.1) is 0 Å². The van der Waals surface area contributed by atoms with E-state index in [9.17, 15) is 23.1 Å². The molecule has 1 unspecified atom stereocenters. The van der Waals surface area contributed by atoms with Crippen molar-refractivity contribution in [3.05, 3.63) is 23.8 Å². The lowest BCUT2D eigenvalue weighted by Crippen LogP contribution is -2.35. The minimum absolute atomic E-state index is 0.00976. The van der Waals surface area contributed by atoms with E-state index in [-0.39, 0.29) is 29.3 Å². The van der Waals surface area contributed by atoms with Crippen LogP contribution < -0.4 is 4.74 Å². The van der Waals surface area contributed by atoms with Gasteiger partial charge in [0.25, 0.3) is 5.91 Å². The van der Waals surface area contributed by atoms with Gasteiger partial charge in [0, 0.05) is 26.2 Å². The minimum Gasteiger partial charge on any atom is -0.496 e. The van der Waals surface area contributed by atoms with Crippen LogP contribution in [0.5, 0.6) is 5.75 Å². The molecule has 1 atom stereocenters. The van der Waals surface area contributed by atoms with Crippen molar-refractivity contribution in [3.63, 3.8) is 0 Å². The Kier molecular flexibility index (Phi) is 6.16. The van der Waals surface area contributed by atoms with Gasteiger partial charge < -0.3 is 14.7 Å². The van der Waals surface area contributed by atoms with Crippen molar-refractivity contribution >= 4 is 21.9 Å². The molecule has 0 aliphatic carbocycles. The van der Waals surface area contributed by atoms with E-state index in [1.807, 2.05) is 0 Å². The maximum absolute atomic E-state index is 13.0. The molecule has 9 heteroatoms. The molecule has 1 aliphatic heterocycles. The first-order valence-corrected chi connectivity index (χ1v) is 10.3. The number of carbonyl (C=O) groups is 2. The highest BCUT2D eigenvalue weighted by atomic mass is 32.2. The third-order valence-electron chi connectivity index (χ3n) is 5.02. The fourth-order valence-corrected chi connectivity index (χ4v) is 4.69. The Morgan fingerprint density at radius 3 is 2.41 bits per heavy atom. The Hall–Kier alpha value is -2.13. The van der Waals surface area contributed by atoms with Crippen LogP contribution in [0, 0.1) is 5.41 Å². The largest absolute Gasteiger partial charge is 0.496 e. The molecular formula is C18H26N2O6S. The van der Waals surface area contributed by atoms with Crippen LogP contribution in [-0.2, 0) is 14.8 Å². The lowest BCUT2D eigenvalue weighted by atomic mass is 9.90. The standard InChI is InChI=1S/C18H26N2O6S/c1-5-20(6-2)27(24,25)13-7-8-15(26-4)14(11-13)16(21)19-10-9-18(3,12-19)17(22)23/h7-8,11H,5-6,9-10,12H2,1-4H3,(H,22,23). The number of sulfonamides is 1. The van der Waals surface area contributed by atoms with Gasteiger partial charge in [0.1, 0.15) is 5.75 Å². The van der Waals surface area contributed by atoms with Crippen molar-refractivity contribution < 1.29 is 27.9 Å². The quantitative estimate of drug-likeness (QED) is 0.749. The third-order valence-corrected chi connectivity index (χ3v) is 7.07. The van der Waals surface area contributed by atoms with Crippen molar-refractivity contribution in [1.82, 2.24) is 9.21 Å². The zero-order valence-corrected chi connectivity index (χ0v) is 16.9. The summed E-state index contributed by atoms with van der Waals surface area (Å²) in [5, 5.41) is 9.36. The lowest BCUT2D eigenvalue weighted by Gasteiger charge is -2.22. The molecule has 1 aromatic carbocycles. The van der Waals surface area contributed by atoms with E-state index in [0.29, 0.717) is 19.5 Å². The molecule has 1 saturated heterocycles. The monoisotopic (exact) mass is 398 g/mol. The number of hydrogen-bond acceptors (Lipinski definition) is 5. The summed E-state index contributed by atoms with van der Waals surface area (Å²) in [5.41, 5.74) is -0.895. The van der Waals surface area contributed by atoms with Gasteiger partial charge in [-0.25, -0.2) is 8.42 Å². The molecule has 27 heavy (non-hydrogen) atoms. The van der Waals surface area contributed by atoms with Crippen molar-refractivity contribution in [2.24, 2.45) is 5.41 Å². The van der Waals surface area contributed by atoms with Crippen LogP contribution in [0.25, 0.3) is 0 Å². The SMILES string of the molecule is CCN(CC)S(=O)(=O)c1ccc(OC)c(C(=O)N2CCC(C)(C(=O)O)C2)c1. The number of amides is 1. The number of ether oxygens (including phenoxy) is 1. The summed E-state index contributed by atoms with van der Waals surface area (Å²) >= 11 is 0. The Bertz CT molecular complexity index is 834. The number of carboxylic acid groups (broad SMARTS) is 1. The second-order valence-corrected chi connectivity index (χ2v) is 8.73. The maximum atomic E-state index is 13.0. The van der Waals surface area contributed by atoms with E-state index in [2.05, 4.69) is 0 Å². The highest BCUT2D eigenvalue weighted by Gasteiger charge is 2.42. The molecule has 1 N–H and O–H groups in total. The molecule has 1 amide bonds. The summed E-state index contributed by atoms with van der Waals surface area (Å²) in [6.45, 7) is 6.08. The first-order chi connectivity index (χ1) is 12.6. The fourth-order valence-electron chi connectivity index (χ4n) is 3.21. The summed E-state index contributed by atoms with van der Waals surface area (Å²) in [6, 6.07) is 4.18. The molecule has 8 nitrogen and oxygen atoms in total. The number of benzene rings is 1. The number of carbonyl (C=O) groups excluding carboxylic acids is 1. The van der Waals surface area contributed by atoms with Crippen molar-refractivity contribution in [2.45, 2.75) is 32.1 Å². The van der Waals surface area contributed by atoms with Gasteiger partial charge in [-0.1, -0.05) is 13.8 Å². The number of nitrogens with zero attached hydrogens (tertiary/aromatic N) is 2. The Balaban J connectivity index is 2.42. The van der Waals surface area contributed by atoms with Gasteiger partial charge in [-0.05, 0) is 31.5 Å². The Morgan fingerprint density at radius 2 is 1.93 bits per heavy atom. The molecule has 0 spiro atoms. The average molecular weight is 398 g/mol. The minimum atomic E-state index is -3.73. The molecule has 0 bridgehead atoms. The van der Waals surface area contributed by atoms with Crippen LogP contribution >= 0.6 is 0 Å². The summed E-state index contributed by atoms with van der Waals surface area (Å²) in [5.74, 6) is -1.14. The van der Waals surface area contributed by atoms with Crippen LogP contribution in [0.15, 0.2) is 23.1 Å². The number of rotatable bonds is 7. The predicted molar refractivity (Wildman–Crippen MR) is 99.4 cm³/mol. The first kappa shape index (κ1) is 21.2. The molecule has 0 radical (unpaired) electrons. The normalized spacial score (nSPS) is 20.1. The second kappa shape index (κ2) is 7.85. The lowest BCUT2D eigenvalue weighted by molar-refractivity contribution is -0.147. The zero-order valence-electron chi connectivity index (χ0n) is 16.1. The topological polar surface area (TPSA) is 104 Å². The van der Waals surface area contributed by atoms with E-state index in [0.717, 1.165) is 0 Å². The molecule has 1 aliphatic rings. The molecule has 150 valence electrons. The molecule has 0 saturated carbocycles. The summed E-state index contributed by atoms with van der Waals surface area (Å²) in [4.78, 5) is 25.8. The number of aliphatic carboxylic acids is 1. The highest BCUT2D eigenvalue weighted by Crippen LogP contribution is 2.33. The van der Waals surface area contributed by atoms with Crippen molar-refractivity contribution in [2.75, 3.05) is 33.3 Å². The molecule has 1 aromatic rings. The summed E-state index contributed by atoms with van der Waals surface area (Å²) in [6.07, 6.45) is 0.341. The van der Waals surface area contributed by atoms with Gasteiger partial charge in [0.05, 0.1) is 23.0 Å². The number of likely N-dealkylation sites (tertiary alicyclic amines) is 1. The van der Waals surface area contributed by atoms with Crippen molar-refractivity contribution in [3.8, 4) is 5.75 Å². The molecule has 1 heterocycles. The molecule has 2 rings (SSSR count). The predicted octanol–water partition coefficient (Wildman–Crippen LogP) is 1.66. The van der Waals surface area contributed by atoms with E-state index in [4.69, 9.17) is 4.74 Å². The first-order valence-electron chi connectivity index (χ1n) is 8.81. The van der Waals surface area contributed by atoms with Gasteiger partial charge in [-0.3, -0.25) is 9.59 Å². The van der Waals surface area contributed by atoms with E-state index < -0.39 is 27.3 Å². The van der Waals surface area contributed by atoms with Crippen LogP contribution in [-0.4, -0.2) is 67.9 Å². The van der Waals surface area contributed by atoms with E-state index in [1.54, 1.807) is 20.8 Å². The van der Waals surface area contributed by atoms with E-state index in [1.165, 1.54) is 34.5 Å². The zero-order chi connectivity index (χ0) is 20.4. The molecule has 0 aromatic heterocycles. The smallest absolute Gasteiger partial charge is 0.311 e. The van der Waals surface area contributed by atoms with Gasteiger partial charge in [-0.2, -0.15) is 4.31 Å². The second-order valence-electron chi connectivity index (χ2n) is 6.79. The summed E-state index contributed by atoms with van der Waals surface area (Å²) < 4.78 is 32.1. The van der Waals surface area contributed by atoms with Gasteiger partial charge in [0.2, 0.25) is 10.0 Å². The van der Waals surface area contributed by atoms with Gasteiger partial charge in [0.15, 0.2) is 0 Å². The highest BCUT2D eigenvalue weighted by molar-refractivity contribution is 7.89. The number of carboxylic acids is 1. The van der Waals surface area contributed by atoms with Crippen LogP contribution in [0.2, 0.25) is 0 Å². The maximum Gasteiger partial charge on any atom is 0.311 e. The Labute approximate surface area is 159 Å². The average Bonchev–Trinajstić information content (AvgIpc) is 3.05. The van der Waals surface area contributed by atoms with Gasteiger partial charge >= 0.3 is 5.97 Å². The summed E-state index contributed by atoms with van der Waals surface area (Å²) in [7, 11) is -2.33. The van der Waals surface area contributed by atoms with E-state index >= 15 is 0 Å². The number of methoxy groups -OCH3 is 1.